The molecule has 9 heteroatoms. The second-order valence-electron chi connectivity index (χ2n) is 4.36. The molecule has 118 valence electrons. The molecule has 21 heavy (non-hydrogen) atoms. The van der Waals surface area contributed by atoms with Crippen LogP contribution in [-0.2, 0) is 4.79 Å². The van der Waals surface area contributed by atoms with E-state index in [1.165, 1.54) is 0 Å². The highest BCUT2D eigenvalue weighted by Crippen LogP contribution is 2.29. The van der Waals surface area contributed by atoms with Gasteiger partial charge >= 0.3 is 5.97 Å². The third-order valence-electron chi connectivity index (χ3n) is 2.71. The molecular weight excluding hydrogens is 301 g/mol. The van der Waals surface area contributed by atoms with Crippen molar-refractivity contribution in [1.29, 1.82) is 0 Å². The van der Waals surface area contributed by atoms with Crippen LogP contribution in [0.1, 0.15) is 13.8 Å². The minimum absolute atomic E-state index is 0.184. The van der Waals surface area contributed by atoms with Crippen LogP contribution >= 0.6 is 0 Å². The van der Waals surface area contributed by atoms with Gasteiger partial charge in [-0.3, -0.25) is 10.1 Å². The molecule has 0 aliphatic carbocycles. The summed E-state index contributed by atoms with van der Waals surface area (Å²) in [4.78, 5) is 11.1. The van der Waals surface area contributed by atoms with Crippen LogP contribution < -0.4 is 10.1 Å². The van der Waals surface area contributed by atoms with Gasteiger partial charge in [-0.15, -0.1) is 0 Å². The highest BCUT2D eigenvalue weighted by atomic mass is 19.2. The number of carboxylic acid groups (broad SMARTS) is 1. The van der Waals surface area contributed by atoms with Gasteiger partial charge in [-0.05, 0) is 13.5 Å². The van der Waals surface area contributed by atoms with Gasteiger partial charge < -0.3 is 9.84 Å². The summed E-state index contributed by atoms with van der Waals surface area (Å²) < 4.78 is 70.0. The van der Waals surface area contributed by atoms with E-state index in [4.69, 9.17) is 5.11 Å². The minimum Gasteiger partial charge on any atom is -0.485 e. The second kappa shape index (κ2) is 6.25. The van der Waals surface area contributed by atoms with Crippen molar-refractivity contribution in [2.75, 3.05) is 13.2 Å². The highest BCUT2D eigenvalue weighted by molar-refractivity contribution is 5.78. The maximum atomic E-state index is 13.4. The molecule has 0 fully saturated rings. The van der Waals surface area contributed by atoms with E-state index in [2.05, 4.69) is 10.1 Å². The first kappa shape index (κ1) is 17.2. The topological polar surface area (TPSA) is 58.6 Å². The number of carboxylic acids is 1. The molecule has 0 aliphatic heterocycles. The van der Waals surface area contributed by atoms with Gasteiger partial charge in [0.2, 0.25) is 29.1 Å². The van der Waals surface area contributed by atoms with E-state index in [-0.39, 0.29) is 6.54 Å². The summed E-state index contributed by atoms with van der Waals surface area (Å²) in [6, 6.07) is 0. The van der Waals surface area contributed by atoms with Crippen molar-refractivity contribution in [3.8, 4) is 5.75 Å². The molecule has 0 aliphatic rings. The molecule has 1 atom stereocenters. The zero-order valence-corrected chi connectivity index (χ0v) is 11.1. The molecule has 0 heterocycles. The Morgan fingerprint density at radius 3 is 1.90 bits per heavy atom. The zero-order chi connectivity index (χ0) is 16.4. The molecule has 0 aromatic heterocycles. The molecule has 0 spiro atoms. The molecular formula is C12H12F5NO3. The first-order valence-corrected chi connectivity index (χ1v) is 5.78. The first-order chi connectivity index (χ1) is 9.65. The van der Waals surface area contributed by atoms with E-state index in [1.54, 1.807) is 6.92 Å². The van der Waals surface area contributed by atoms with E-state index in [1.807, 2.05) is 0 Å². The lowest BCUT2D eigenvalue weighted by Crippen LogP contribution is -2.53. The molecule has 0 radical (unpaired) electrons. The Kier molecular flexibility index (Phi) is 5.10. The molecule has 0 saturated heterocycles. The van der Waals surface area contributed by atoms with Crippen LogP contribution in [0.25, 0.3) is 0 Å². The van der Waals surface area contributed by atoms with E-state index in [9.17, 15) is 26.7 Å². The number of rotatable bonds is 6. The Hall–Kier alpha value is -1.90. The third kappa shape index (κ3) is 3.23. The average molecular weight is 313 g/mol. The fourth-order valence-electron chi connectivity index (χ4n) is 1.51. The molecule has 1 aromatic carbocycles. The predicted octanol–water partition coefficient (Wildman–Crippen LogP) is 2.21. The maximum absolute atomic E-state index is 13.4. The van der Waals surface area contributed by atoms with E-state index < -0.39 is 53.0 Å². The van der Waals surface area contributed by atoms with Crippen molar-refractivity contribution in [2.45, 2.75) is 19.4 Å². The van der Waals surface area contributed by atoms with Crippen molar-refractivity contribution in [3.63, 3.8) is 0 Å². The quantitative estimate of drug-likeness (QED) is 0.480. The van der Waals surface area contributed by atoms with Gasteiger partial charge in [0, 0.05) is 0 Å². The molecule has 4 nitrogen and oxygen atoms in total. The van der Waals surface area contributed by atoms with E-state index in [0.29, 0.717) is 0 Å². The molecule has 1 unspecified atom stereocenters. The summed E-state index contributed by atoms with van der Waals surface area (Å²) in [6.45, 7) is 2.06. The Bertz CT molecular complexity index is 537. The Morgan fingerprint density at radius 2 is 1.52 bits per heavy atom. The number of halogens is 5. The van der Waals surface area contributed by atoms with Gasteiger partial charge in [0.15, 0.2) is 5.75 Å². The number of hydrogen-bond donors (Lipinski definition) is 2. The summed E-state index contributed by atoms with van der Waals surface area (Å²) >= 11 is 0. The highest BCUT2D eigenvalue weighted by Gasteiger charge is 2.35. The number of aliphatic carboxylic acids is 1. The Morgan fingerprint density at radius 1 is 1.10 bits per heavy atom. The van der Waals surface area contributed by atoms with Crippen LogP contribution in [0.3, 0.4) is 0 Å². The lowest BCUT2D eigenvalue weighted by molar-refractivity contribution is -0.145. The molecule has 0 saturated carbocycles. The standard InChI is InChI=1S/C12H12F5NO3/c1-3-18-12(2,11(19)20)4-21-10-8(16)6(14)5(13)7(15)9(10)17/h18H,3-4H2,1-2H3,(H,19,20). The number of benzene rings is 1. The largest absolute Gasteiger partial charge is 0.485 e. The van der Waals surface area contributed by atoms with Crippen molar-refractivity contribution in [2.24, 2.45) is 0 Å². The van der Waals surface area contributed by atoms with Crippen LogP contribution in [0.15, 0.2) is 0 Å². The average Bonchev–Trinajstić information content (AvgIpc) is 2.43. The van der Waals surface area contributed by atoms with Gasteiger partial charge in [-0.2, -0.15) is 8.78 Å². The van der Waals surface area contributed by atoms with Gasteiger partial charge in [0.05, 0.1) is 0 Å². The van der Waals surface area contributed by atoms with Gasteiger partial charge in [-0.1, -0.05) is 6.92 Å². The molecule has 1 rings (SSSR count). The number of nitrogens with one attached hydrogen (secondary N) is 1. The summed E-state index contributed by atoms with van der Waals surface area (Å²) in [5.74, 6) is -13.9. The van der Waals surface area contributed by atoms with Crippen LogP contribution in [0, 0.1) is 29.1 Å². The number of ether oxygens (including phenoxy) is 1. The zero-order valence-electron chi connectivity index (χ0n) is 11.1. The molecule has 2 N–H and O–H groups in total. The van der Waals surface area contributed by atoms with Crippen LogP contribution in [0.4, 0.5) is 22.0 Å². The normalized spacial score (nSPS) is 13.9. The van der Waals surface area contributed by atoms with E-state index >= 15 is 0 Å². The second-order valence-corrected chi connectivity index (χ2v) is 4.36. The minimum atomic E-state index is -2.31. The van der Waals surface area contributed by atoms with Crippen LogP contribution in [-0.4, -0.2) is 29.8 Å². The summed E-state index contributed by atoms with van der Waals surface area (Å²) in [5.41, 5.74) is -1.75. The Balaban J connectivity index is 3.12. The fourth-order valence-corrected chi connectivity index (χ4v) is 1.51. The first-order valence-electron chi connectivity index (χ1n) is 5.78. The van der Waals surface area contributed by atoms with Crippen molar-refractivity contribution in [1.82, 2.24) is 5.32 Å². The lowest BCUT2D eigenvalue weighted by atomic mass is 10.0. The Labute approximate surface area is 116 Å². The van der Waals surface area contributed by atoms with E-state index in [0.717, 1.165) is 6.92 Å². The van der Waals surface area contributed by atoms with Crippen molar-refractivity contribution < 1.29 is 36.6 Å². The number of carbonyl (C=O) groups is 1. The molecule has 1 aromatic rings. The number of hydrogen-bond acceptors (Lipinski definition) is 3. The smallest absolute Gasteiger partial charge is 0.327 e. The number of likely N-dealkylation sites (N-methyl/N-ethyl adjacent to an activating group) is 1. The third-order valence-corrected chi connectivity index (χ3v) is 2.71. The predicted molar refractivity (Wildman–Crippen MR) is 61.4 cm³/mol. The van der Waals surface area contributed by atoms with Gasteiger partial charge in [0.1, 0.15) is 12.1 Å². The summed E-state index contributed by atoms with van der Waals surface area (Å²) in [7, 11) is 0. The van der Waals surface area contributed by atoms with Crippen LogP contribution in [0.5, 0.6) is 5.75 Å². The van der Waals surface area contributed by atoms with Crippen LogP contribution in [0.2, 0.25) is 0 Å². The van der Waals surface area contributed by atoms with Crippen molar-refractivity contribution in [3.05, 3.63) is 29.1 Å². The lowest BCUT2D eigenvalue weighted by Gasteiger charge is -2.25. The maximum Gasteiger partial charge on any atom is 0.327 e. The van der Waals surface area contributed by atoms with Gasteiger partial charge in [0.25, 0.3) is 0 Å². The summed E-state index contributed by atoms with van der Waals surface area (Å²) in [5, 5.41) is 11.5. The monoisotopic (exact) mass is 313 g/mol. The van der Waals surface area contributed by atoms with Gasteiger partial charge in [-0.25, -0.2) is 13.2 Å². The SMILES string of the molecule is CCNC(C)(COc1c(F)c(F)c(F)c(F)c1F)C(=O)O. The van der Waals surface area contributed by atoms with Crippen molar-refractivity contribution >= 4 is 5.97 Å². The molecule has 0 amide bonds. The fraction of sp³-hybridized carbons (Fsp3) is 0.417. The summed E-state index contributed by atoms with van der Waals surface area (Å²) in [6.07, 6.45) is 0. The molecule has 0 bridgehead atoms.